The molecule has 3 rings (SSSR count). The topological polar surface area (TPSA) is 81.1 Å². The van der Waals surface area contributed by atoms with Crippen molar-refractivity contribution in [1.29, 1.82) is 0 Å². The third kappa shape index (κ3) is 4.02. The number of sulfonamides is 1. The van der Waals surface area contributed by atoms with Crippen molar-refractivity contribution in [2.45, 2.75) is 18.7 Å². The molecule has 0 atom stereocenters. The maximum Gasteiger partial charge on any atom is 0.229 e. The molecule has 0 fully saturated rings. The van der Waals surface area contributed by atoms with E-state index in [0.29, 0.717) is 16.1 Å². The molecule has 0 saturated carbocycles. The molecule has 1 heterocycles. The van der Waals surface area contributed by atoms with Crippen LogP contribution in [0.5, 0.6) is 0 Å². The third-order valence-corrected chi connectivity index (χ3v) is 5.16. The van der Waals surface area contributed by atoms with E-state index in [2.05, 4.69) is 9.71 Å². The lowest BCUT2D eigenvalue weighted by Gasteiger charge is -2.12. The average Bonchev–Trinajstić information content (AvgIpc) is 2.89. The van der Waals surface area contributed by atoms with E-state index in [4.69, 9.17) is 0 Å². The number of benzene rings is 2. The SMILES string of the molecule is CC(=O)c1ccc(NS(C)(=O)=O)c(Sn2cnc3cc(C)ccc32)c1. The molecule has 0 bridgehead atoms. The van der Waals surface area contributed by atoms with Crippen molar-refractivity contribution in [2.24, 2.45) is 0 Å². The molecular weight excluding hydrogens is 358 g/mol. The van der Waals surface area contributed by atoms with Gasteiger partial charge in [-0.3, -0.25) is 13.5 Å². The number of hydrogen-bond acceptors (Lipinski definition) is 5. The number of Topliss-reactive ketones (excluding diaryl/α,β-unsaturated/α-hetero) is 1. The maximum atomic E-state index is 11.7. The van der Waals surface area contributed by atoms with Gasteiger partial charge < -0.3 is 0 Å². The van der Waals surface area contributed by atoms with Gasteiger partial charge >= 0.3 is 0 Å². The lowest BCUT2D eigenvalue weighted by molar-refractivity contribution is 0.101. The van der Waals surface area contributed by atoms with Crippen LogP contribution < -0.4 is 4.72 Å². The van der Waals surface area contributed by atoms with E-state index < -0.39 is 10.0 Å². The highest BCUT2D eigenvalue weighted by atomic mass is 32.2. The number of aromatic nitrogens is 2. The number of aryl methyl sites for hydroxylation is 1. The fourth-order valence-electron chi connectivity index (χ4n) is 2.38. The fourth-order valence-corrected chi connectivity index (χ4v) is 3.98. The first-order valence-electron chi connectivity index (χ1n) is 7.48. The van der Waals surface area contributed by atoms with Crippen LogP contribution in [0.1, 0.15) is 22.8 Å². The van der Waals surface area contributed by atoms with Gasteiger partial charge in [0.2, 0.25) is 10.0 Å². The van der Waals surface area contributed by atoms with E-state index >= 15 is 0 Å². The summed E-state index contributed by atoms with van der Waals surface area (Å²) in [6, 6.07) is 10.8. The molecule has 0 aliphatic carbocycles. The summed E-state index contributed by atoms with van der Waals surface area (Å²) in [7, 11) is -3.43. The van der Waals surface area contributed by atoms with Gasteiger partial charge in [0.15, 0.2) is 5.78 Å². The minimum atomic E-state index is -3.43. The van der Waals surface area contributed by atoms with Gasteiger partial charge in [0.25, 0.3) is 0 Å². The molecule has 0 unspecified atom stereocenters. The van der Waals surface area contributed by atoms with Crippen LogP contribution in [0.4, 0.5) is 5.69 Å². The van der Waals surface area contributed by atoms with E-state index in [-0.39, 0.29) is 5.78 Å². The summed E-state index contributed by atoms with van der Waals surface area (Å²) >= 11 is 1.30. The number of carbonyl (C=O) groups is 1. The molecule has 0 aliphatic rings. The molecule has 0 saturated heterocycles. The van der Waals surface area contributed by atoms with Gasteiger partial charge in [-0.2, -0.15) is 0 Å². The Labute approximate surface area is 150 Å². The molecule has 8 heteroatoms. The van der Waals surface area contributed by atoms with Crippen LogP contribution in [0, 0.1) is 6.92 Å². The Morgan fingerprint density at radius 2 is 1.96 bits per heavy atom. The quantitative estimate of drug-likeness (QED) is 0.691. The second kappa shape index (κ2) is 6.53. The van der Waals surface area contributed by atoms with E-state index in [1.165, 1.54) is 18.9 Å². The molecule has 0 spiro atoms. The Kier molecular flexibility index (Phi) is 4.57. The molecule has 1 aromatic heterocycles. The number of anilines is 1. The number of carbonyl (C=O) groups excluding carboxylic acids is 1. The lowest BCUT2D eigenvalue weighted by atomic mass is 10.1. The highest BCUT2D eigenvalue weighted by Gasteiger charge is 2.13. The zero-order valence-corrected chi connectivity index (χ0v) is 15.6. The monoisotopic (exact) mass is 375 g/mol. The zero-order chi connectivity index (χ0) is 18.2. The molecule has 3 aromatic rings. The van der Waals surface area contributed by atoms with Crippen LogP contribution in [0.3, 0.4) is 0 Å². The number of hydrogen-bond donors (Lipinski definition) is 1. The highest BCUT2D eigenvalue weighted by Crippen LogP contribution is 2.32. The number of fused-ring (bicyclic) bond motifs is 1. The summed E-state index contributed by atoms with van der Waals surface area (Å²) in [5.41, 5.74) is 3.82. The summed E-state index contributed by atoms with van der Waals surface area (Å²) in [6.45, 7) is 3.47. The minimum absolute atomic E-state index is 0.0844. The van der Waals surface area contributed by atoms with Crippen molar-refractivity contribution in [3.05, 3.63) is 53.9 Å². The molecular formula is C17H17N3O3S2. The lowest BCUT2D eigenvalue weighted by Crippen LogP contribution is -2.11. The summed E-state index contributed by atoms with van der Waals surface area (Å²) in [4.78, 5) is 16.7. The minimum Gasteiger partial charge on any atom is -0.295 e. The summed E-state index contributed by atoms with van der Waals surface area (Å²) < 4.78 is 27.6. The smallest absolute Gasteiger partial charge is 0.229 e. The fraction of sp³-hybridized carbons (Fsp3) is 0.176. The summed E-state index contributed by atoms with van der Waals surface area (Å²) in [5.74, 6) is -0.0844. The summed E-state index contributed by atoms with van der Waals surface area (Å²) in [5, 5.41) is 0. The van der Waals surface area contributed by atoms with E-state index in [1.807, 2.05) is 29.1 Å². The number of nitrogens with one attached hydrogen (secondary N) is 1. The van der Waals surface area contributed by atoms with Crippen molar-refractivity contribution >= 4 is 44.5 Å². The second-order valence-electron chi connectivity index (χ2n) is 5.80. The third-order valence-electron chi connectivity index (χ3n) is 3.55. The van der Waals surface area contributed by atoms with Crippen LogP contribution in [-0.2, 0) is 10.0 Å². The van der Waals surface area contributed by atoms with Gasteiger partial charge in [0, 0.05) is 5.56 Å². The Morgan fingerprint density at radius 3 is 2.64 bits per heavy atom. The Balaban J connectivity index is 2.07. The predicted octanol–water partition coefficient (Wildman–Crippen LogP) is 3.47. The van der Waals surface area contributed by atoms with Crippen molar-refractivity contribution in [3.8, 4) is 0 Å². The number of rotatable bonds is 5. The molecule has 0 radical (unpaired) electrons. The Bertz CT molecular complexity index is 1070. The van der Waals surface area contributed by atoms with Gasteiger partial charge in [-0.1, -0.05) is 6.07 Å². The molecule has 1 N–H and O–H groups in total. The van der Waals surface area contributed by atoms with Gasteiger partial charge in [-0.25, -0.2) is 13.4 Å². The van der Waals surface area contributed by atoms with Gasteiger partial charge in [-0.05, 0) is 61.7 Å². The first kappa shape index (κ1) is 17.5. The summed E-state index contributed by atoms with van der Waals surface area (Å²) in [6.07, 6.45) is 2.77. The Hall–Kier alpha value is -2.32. The van der Waals surface area contributed by atoms with Crippen molar-refractivity contribution < 1.29 is 13.2 Å². The van der Waals surface area contributed by atoms with Gasteiger partial charge in [0.05, 0.1) is 27.9 Å². The molecule has 25 heavy (non-hydrogen) atoms. The van der Waals surface area contributed by atoms with Crippen LogP contribution in [0.2, 0.25) is 0 Å². The number of imidazole rings is 1. The normalized spacial score (nSPS) is 11.6. The van der Waals surface area contributed by atoms with Gasteiger partial charge in [0.1, 0.15) is 6.33 Å². The van der Waals surface area contributed by atoms with Crippen molar-refractivity contribution in [1.82, 2.24) is 8.96 Å². The van der Waals surface area contributed by atoms with E-state index in [1.54, 1.807) is 24.5 Å². The standard InChI is InChI=1S/C17H17N3O3S2/c1-11-4-7-16-15(8-11)18-10-20(16)24-17-9-13(12(2)21)5-6-14(17)19-25(3,22)23/h4-10,19H,1-3H3. The first-order chi connectivity index (χ1) is 11.7. The largest absolute Gasteiger partial charge is 0.295 e. The highest BCUT2D eigenvalue weighted by molar-refractivity contribution is 7.98. The second-order valence-corrected chi connectivity index (χ2v) is 8.56. The van der Waals surface area contributed by atoms with Crippen LogP contribution in [0.25, 0.3) is 11.0 Å². The molecule has 130 valence electrons. The van der Waals surface area contributed by atoms with E-state index in [9.17, 15) is 13.2 Å². The first-order valence-corrected chi connectivity index (χ1v) is 10.1. The molecule has 2 aromatic carbocycles. The predicted molar refractivity (Wildman–Crippen MR) is 101 cm³/mol. The number of ketones is 1. The number of nitrogens with zero attached hydrogens (tertiary/aromatic N) is 2. The van der Waals surface area contributed by atoms with Crippen LogP contribution in [0.15, 0.2) is 47.6 Å². The average molecular weight is 375 g/mol. The Morgan fingerprint density at radius 1 is 1.20 bits per heavy atom. The van der Waals surface area contributed by atoms with Crippen LogP contribution in [-0.4, -0.2) is 29.4 Å². The molecule has 0 amide bonds. The molecule has 6 nitrogen and oxygen atoms in total. The van der Waals surface area contributed by atoms with Crippen LogP contribution >= 0.6 is 11.9 Å². The molecule has 0 aliphatic heterocycles. The maximum absolute atomic E-state index is 11.7. The van der Waals surface area contributed by atoms with Crippen molar-refractivity contribution in [2.75, 3.05) is 11.0 Å². The zero-order valence-electron chi connectivity index (χ0n) is 14.0. The van der Waals surface area contributed by atoms with Gasteiger partial charge in [-0.15, -0.1) is 0 Å². The van der Waals surface area contributed by atoms with E-state index in [0.717, 1.165) is 22.9 Å². The van der Waals surface area contributed by atoms with Crippen molar-refractivity contribution in [3.63, 3.8) is 0 Å².